The highest BCUT2D eigenvalue weighted by atomic mass is 32.1. The normalized spacial score (nSPS) is 27.2. The summed E-state index contributed by atoms with van der Waals surface area (Å²) in [7, 11) is 0. The molecule has 2 N–H and O–H groups in total. The van der Waals surface area contributed by atoms with Crippen molar-refractivity contribution in [2.24, 2.45) is 5.73 Å². The molecule has 0 radical (unpaired) electrons. The van der Waals surface area contributed by atoms with E-state index in [1.807, 2.05) is 0 Å². The fourth-order valence-electron chi connectivity index (χ4n) is 1.42. The first-order valence-electron chi connectivity index (χ1n) is 4.32. The standard InChI is InChI=1S/C8H9F3N2OS/c9-8(10,11)6-13-5(3-15-6)7(12)1-2-14-4-7/h3H,1-2,4,12H2. The minimum absolute atomic E-state index is 0.230. The first kappa shape index (κ1) is 10.8. The van der Waals surface area contributed by atoms with Gasteiger partial charge in [0.1, 0.15) is 0 Å². The van der Waals surface area contributed by atoms with Gasteiger partial charge in [0, 0.05) is 12.0 Å². The number of rotatable bonds is 1. The maximum atomic E-state index is 12.3. The molecule has 0 aromatic carbocycles. The number of hydrogen-bond acceptors (Lipinski definition) is 4. The summed E-state index contributed by atoms with van der Waals surface area (Å²) < 4.78 is 41.9. The number of aromatic nitrogens is 1. The first-order valence-corrected chi connectivity index (χ1v) is 5.20. The number of ether oxygens (including phenoxy) is 1. The van der Waals surface area contributed by atoms with Gasteiger partial charge < -0.3 is 10.5 Å². The van der Waals surface area contributed by atoms with Gasteiger partial charge in [0.25, 0.3) is 0 Å². The number of hydrogen-bond donors (Lipinski definition) is 1. The van der Waals surface area contributed by atoms with Gasteiger partial charge in [0.2, 0.25) is 0 Å². The van der Waals surface area contributed by atoms with Crippen LogP contribution in [0.5, 0.6) is 0 Å². The van der Waals surface area contributed by atoms with Crippen LogP contribution in [0.2, 0.25) is 0 Å². The molecule has 1 aliphatic rings. The highest BCUT2D eigenvalue weighted by Crippen LogP contribution is 2.35. The Morgan fingerprint density at radius 2 is 2.27 bits per heavy atom. The molecule has 1 aromatic rings. The average molecular weight is 238 g/mol. The number of halogens is 3. The van der Waals surface area contributed by atoms with Gasteiger partial charge in [-0.05, 0) is 6.42 Å². The highest BCUT2D eigenvalue weighted by Gasteiger charge is 2.39. The van der Waals surface area contributed by atoms with Crippen molar-refractivity contribution < 1.29 is 17.9 Å². The zero-order chi connectivity index (χ0) is 11.1. The largest absolute Gasteiger partial charge is 0.443 e. The third-order valence-electron chi connectivity index (χ3n) is 2.31. The van der Waals surface area contributed by atoms with Crippen LogP contribution < -0.4 is 5.73 Å². The molecule has 1 unspecified atom stereocenters. The van der Waals surface area contributed by atoms with Gasteiger partial charge in [-0.25, -0.2) is 4.98 Å². The molecule has 1 fully saturated rings. The van der Waals surface area contributed by atoms with Gasteiger partial charge in [-0.2, -0.15) is 13.2 Å². The van der Waals surface area contributed by atoms with Crippen LogP contribution in [0.1, 0.15) is 17.1 Å². The molecule has 15 heavy (non-hydrogen) atoms. The number of nitrogens with two attached hydrogens (primary N) is 1. The smallest absolute Gasteiger partial charge is 0.379 e. The van der Waals surface area contributed by atoms with E-state index in [1.165, 1.54) is 5.38 Å². The van der Waals surface area contributed by atoms with E-state index in [0.29, 0.717) is 24.4 Å². The molecule has 7 heteroatoms. The Morgan fingerprint density at radius 3 is 2.73 bits per heavy atom. The zero-order valence-electron chi connectivity index (χ0n) is 7.67. The van der Waals surface area contributed by atoms with Crippen LogP contribution in [-0.4, -0.2) is 18.2 Å². The van der Waals surface area contributed by atoms with Gasteiger partial charge in [-0.15, -0.1) is 11.3 Å². The lowest BCUT2D eigenvalue weighted by Crippen LogP contribution is -2.37. The summed E-state index contributed by atoms with van der Waals surface area (Å²) in [5.41, 5.74) is 5.32. The molecular weight excluding hydrogens is 229 g/mol. The lowest BCUT2D eigenvalue weighted by molar-refractivity contribution is -0.137. The summed E-state index contributed by atoms with van der Waals surface area (Å²) in [4.78, 5) is 3.52. The monoisotopic (exact) mass is 238 g/mol. The van der Waals surface area contributed by atoms with Gasteiger partial charge >= 0.3 is 6.18 Å². The third-order valence-corrected chi connectivity index (χ3v) is 3.20. The van der Waals surface area contributed by atoms with Crippen molar-refractivity contribution in [2.75, 3.05) is 13.2 Å². The van der Waals surface area contributed by atoms with Crippen molar-refractivity contribution in [2.45, 2.75) is 18.1 Å². The van der Waals surface area contributed by atoms with Crippen molar-refractivity contribution in [1.82, 2.24) is 4.98 Å². The van der Waals surface area contributed by atoms with Crippen LogP contribution in [0, 0.1) is 0 Å². The van der Waals surface area contributed by atoms with Gasteiger partial charge in [0.05, 0.1) is 17.8 Å². The van der Waals surface area contributed by atoms with E-state index in [1.54, 1.807) is 0 Å². The van der Waals surface area contributed by atoms with E-state index in [0.717, 1.165) is 0 Å². The van der Waals surface area contributed by atoms with E-state index in [2.05, 4.69) is 4.98 Å². The molecule has 2 rings (SSSR count). The Bertz CT molecular complexity index is 357. The molecule has 0 amide bonds. The van der Waals surface area contributed by atoms with Crippen LogP contribution in [0.3, 0.4) is 0 Å². The van der Waals surface area contributed by atoms with Crippen LogP contribution >= 0.6 is 11.3 Å². The molecule has 1 atom stereocenters. The van der Waals surface area contributed by atoms with Crippen LogP contribution in [0.15, 0.2) is 5.38 Å². The molecule has 1 saturated heterocycles. The minimum atomic E-state index is -4.39. The second-order valence-corrected chi connectivity index (χ2v) is 4.35. The third kappa shape index (κ3) is 1.99. The Balaban J connectivity index is 2.27. The summed E-state index contributed by atoms with van der Waals surface area (Å²) in [5, 5.41) is 0.506. The van der Waals surface area contributed by atoms with Crippen LogP contribution in [0.25, 0.3) is 0 Å². The molecule has 0 bridgehead atoms. The summed E-state index contributed by atoms with van der Waals surface area (Å²) in [6, 6.07) is 0. The van der Waals surface area contributed by atoms with E-state index < -0.39 is 16.7 Å². The summed E-state index contributed by atoms with van der Waals surface area (Å²) in [6.07, 6.45) is -3.88. The lowest BCUT2D eigenvalue weighted by atomic mass is 9.97. The van der Waals surface area contributed by atoms with E-state index in [-0.39, 0.29) is 12.3 Å². The predicted molar refractivity (Wildman–Crippen MR) is 48.4 cm³/mol. The predicted octanol–water partition coefficient (Wildman–Crippen LogP) is 1.74. The fourth-order valence-corrected chi connectivity index (χ4v) is 2.21. The Hall–Kier alpha value is -0.660. The highest BCUT2D eigenvalue weighted by molar-refractivity contribution is 7.09. The fraction of sp³-hybridized carbons (Fsp3) is 0.625. The number of alkyl halides is 3. The van der Waals surface area contributed by atoms with Crippen molar-refractivity contribution in [1.29, 1.82) is 0 Å². The van der Waals surface area contributed by atoms with E-state index >= 15 is 0 Å². The maximum absolute atomic E-state index is 12.3. The molecule has 1 aromatic heterocycles. The zero-order valence-corrected chi connectivity index (χ0v) is 8.49. The average Bonchev–Trinajstić information content (AvgIpc) is 2.69. The first-order chi connectivity index (χ1) is 6.92. The van der Waals surface area contributed by atoms with Gasteiger partial charge in [0.15, 0.2) is 5.01 Å². The minimum Gasteiger partial charge on any atom is -0.379 e. The molecule has 84 valence electrons. The quantitative estimate of drug-likeness (QED) is 0.810. The SMILES string of the molecule is NC1(c2csc(C(F)(F)F)n2)CCOC1. The lowest BCUT2D eigenvalue weighted by Gasteiger charge is -2.18. The Labute approximate surface area is 88.1 Å². The van der Waals surface area contributed by atoms with Gasteiger partial charge in [-0.1, -0.05) is 0 Å². The number of nitrogens with zero attached hydrogens (tertiary/aromatic N) is 1. The van der Waals surface area contributed by atoms with Crippen molar-refractivity contribution >= 4 is 11.3 Å². The molecular formula is C8H9F3N2OS. The van der Waals surface area contributed by atoms with Crippen molar-refractivity contribution in [3.8, 4) is 0 Å². The molecule has 0 aliphatic carbocycles. The van der Waals surface area contributed by atoms with Crippen LogP contribution in [0.4, 0.5) is 13.2 Å². The maximum Gasteiger partial charge on any atom is 0.443 e. The van der Waals surface area contributed by atoms with Crippen LogP contribution in [-0.2, 0) is 16.5 Å². The summed E-state index contributed by atoms with van der Waals surface area (Å²) in [5.74, 6) is 0. The van der Waals surface area contributed by atoms with Crippen molar-refractivity contribution in [3.05, 3.63) is 16.1 Å². The summed E-state index contributed by atoms with van der Waals surface area (Å²) >= 11 is 0.570. The molecule has 0 spiro atoms. The van der Waals surface area contributed by atoms with E-state index in [4.69, 9.17) is 10.5 Å². The van der Waals surface area contributed by atoms with E-state index in [9.17, 15) is 13.2 Å². The molecule has 0 saturated carbocycles. The summed E-state index contributed by atoms with van der Waals surface area (Å²) in [6.45, 7) is 0.698. The Kier molecular flexibility index (Phi) is 2.48. The number of thiazole rings is 1. The molecule has 3 nitrogen and oxygen atoms in total. The Morgan fingerprint density at radius 1 is 1.53 bits per heavy atom. The second-order valence-electron chi connectivity index (χ2n) is 3.49. The molecule has 1 aliphatic heterocycles. The van der Waals surface area contributed by atoms with Crippen molar-refractivity contribution in [3.63, 3.8) is 0 Å². The topological polar surface area (TPSA) is 48.1 Å². The van der Waals surface area contributed by atoms with Gasteiger partial charge in [-0.3, -0.25) is 0 Å². The molecule has 2 heterocycles. The second kappa shape index (κ2) is 3.43.